The lowest BCUT2D eigenvalue weighted by Gasteiger charge is -2.45. The molecule has 2 aromatic rings. The van der Waals surface area contributed by atoms with Gasteiger partial charge in [0.05, 0.1) is 28.0 Å². The summed E-state index contributed by atoms with van der Waals surface area (Å²) in [7, 11) is 1.60. The number of carbonyl (C=O) groups excluding carboxylic acids is 1. The van der Waals surface area contributed by atoms with Crippen LogP contribution in [0.25, 0.3) is 0 Å². The van der Waals surface area contributed by atoms with Crippen molar-refractivity contribution in [1.29, 1.82) is 10.7 Å². The SMILES string of the molecule is CN1C(=N)N[C@](C)(c2sccc2Cl)C(c2ccc(C3(C#N)CC3)cc2)C1=O. The first-order valence-corrected chi connectivity index (χ1v) is 9.98. The van der Waals surface area contributed by atoms with Gasteiger partial charge in [-0.15, -0.1) is 11.3 Å². The monoisotopic (exact) mass is 398 g/mol. The Morgan fingerprint density at radius 1 is 1.33 bits per heavy atom. The molecule has 27 heavy (non-hydrogen) atoms. The summed E-state index contributed by atoms with van der Waals surface area (Å²) in [5.74, 6) is -0.625. The van der Waals surface area contributed by atoms with E-state index < -0.39 is 11.5 Å². The first kappa shape index (κ1) is 18.0. The number of amides is 1. The maximum atomic E-state index is 13.2. The van der Waals surface area contributed by atoms with Crippen LogP contribution in [0, 0.1) is 16.7 Å². The van der Waals surface area contributed by atoms with Crippen molar-refractivity contribution in [1.82, 2.24) is 10.2 Å². The van der Waals surface area contributed by atoms with Crippen LogP contribution < -0.4 is 5.32 Å². The number of hydrogen-bond acceptors (Lipinski definition) is 4. The number of nitrogens with one attached hydrogen (secondary N) is 2. The van der Waals surface area contributed by atoms with Crippen molar-refractivity contribution < 1.29 is 4.79 Å². The molecule has 5 nitrogen and oxygen atoms in total. The van der Waals surface area contributed by atoms with Crippen LogP contribution in [0.5, 0.6) is 0 Å². The van der Waals surface area contributed by atoms with Crippen molar-refractivity contribution in [2.75, 3.05) is 7.05 Å². The van der Waals surface area contributed by atoms with E-state index in [1.807, 2.05) is 42.6 Å². The molecule has 2 aliphatic rings. The van der Waals surface area contributed by atoms with E-state index in [2.05, 4.69) is 11.4 Å². The van der Waals surface area contributed by atoms with Gasteiger partial charge in [0.25, 0.3) is 0 Å². The molecule has 1 amide bonds. The third-order valence-corrected chi connectivity index (χ3v) is 7.30. The molecule has 1 aromatic carbocycles. The lowest BCUT2D eigenvalue weighted by molar-refractivity contribution is -0.131. The molecular weight excluding hydrogens is 380 g/mol. The number of rotatable bonds is 3. The number of carbonyl (C=O) groups is 1. The summed E-state index contributed by atoms with van der Waals surface area (Å²) < 4.78 is 0. The number of thiophene rings is 1. The molecular formula is C20H19ClN4OS. The van der Waals surface area contributed by atoms with Crippen LogP contribution in [0.1, 0.15) is 41.7 Å². The number of nitrogens with zero attached hydrogens (tertiary/aromatic N) is 2. The Morgan fingerprint density at radius 2 is 2.00 bits per heavy atom. The zero-order chi connectivity index (χ0) is 19.4. The molecule has 2 N–H and O–H groups in total. The van der Waals surface area contributed by atoms with E-state index in [-0.39, 0.29) is 17.3 Å². The first-order chi connectivity index (χ1) is 12.8. The number of nitriles is 1. The lowest BCUT2D eigenvalue weighted by Crippen LogP contribution is -2.62. The van der Waals surface area contributed by atoms with Crippen LogP contribution in [0.4, 0.5) is 0 Å². The van der Waals surface area contributed by atoms with E-state index in [1.54, 1.807) is 7.05 Å². The highest BCUT2D eigenvalue weighted by Gasteiger charge is 2.50. The number of halogens is 1. The molecule has 1 saturated heterocycles. The van der Waals surface area contributed by atoms with Gasteiger partial charge in [0, 0.05) is 11.9 Å². The minimum Gasteiger partial charge on any atom is -0.345 e. The number of guanidine groups is 1. The van der Waals surface area contributed by atoms with Crippen LogP contribution in [0.15, 0.2) is 35.7 Å². The van der Waals surface area contributed by atoms with Crippen LogP contribution in [0.2, 0.25) is 5.02 Å². The molecule has 1 aromatic heterocycles. The summed E-state index contributed by atoms with van der Waals surface area (Å²) in [6, 6.07) is 12.0. The molecule has 1 unspecified atom stereocenters. The first-order valence-electron chi connectivity index (χ1n) is 8.72. The van der Waals surface area contributed by atoms with E-state index in [9.17, 15) is 10.1 Å². The van der Waals surface area contributed by atoms with Gasteiger partial charge in [-0.3, -0.25) is 15.1 Å². The van der Waals surface area contributed by atoms with Gasteiger partial charge in [-0.25, -0.2) is 0 Å². The summed E-state index contributed by atoms with van der Waals surface area (Å²) in [6.45, 7) is 1.92. The summed E-state index contributed by atoms with van der Waals surface area (Å²) in [6.07, 6.45) is 1.77. The van der Waals surface area contributed by atoms with Crippen molar-refractivity contribution in [2.24, 2.45) is 0 Å². The van der Waals surface area contributed by atoms with Crippen LogP contribution in [0.3, 0.4) is 0 Å². The van der Waals surface area contributed by atoms with Gasteiger partial charge in [-0.2, -0.15) is 5.26 Å². The Hall–Kier alpha value is -2.36. The number of hydrogen-bond donors (Lipinski definition) is 2. The maximum absolute atomic E-state index is 13.2. The smallest absolute Gasteiger partial charge is 0.239 e. The highest BCUT2D eigenvalue weighted by molar-refractivity contribution is 7.10. The van der Waals surface area contributed by atoms with E-state index >= 15 is 0 Å². The zero-order valence-electron chi connectivity index (χ0n) is 15.0. The van der Waals surface area contributed by atoms with Crippen molar-refractivity contribution in [3.8, 4) is 6.07 Å². The second-order valence-corrected chi connectivity index (χ2v) is 8.74. The predicted octanol–water partition coefficient (Wildman–Crippen LogP) is 3.95. The third-order valence-electron chi connectivity index (χ3n) is 5.72. The van der Waals surface area contributed by atoms with Crippen molar-refractivity contribution >= 4 is 34.8 Å². The van der Waals surface area contributed by atoms with Gasteiger partial charge in [-0.05, 0) is 42.3 Å². The van der Waals surface area contributed by atoms with E-state index in [0.29, 0.717) is 5.02 Å². The average molecular weight is 399 g/mol. The Morgan fingerprint density at radius 3 is 2.52 bits per heavy atom. The highest BCUT2D eigenvalue weighted by atomic mass is 35.5. The number of benzene rings is 1. The molecule has 1 aliphatic heterocycles. The Labute approximate surface area is 167 Å². The zero-order valence-corrected chi connectivity index (χ0v) is 16.6. The molecule has 1 saturated carbocycles. The van der Waals surface area contributed by atoms with E-state index in [1.165, 1.54) is 16.2 Å². The largest absolute Gasteiger partial charge is 0.345 e. The summed E-state index contributed by atoms with van der Waals surface area (Å²) in [4.78, 5) is 15.3. The van der Waals surface area contributed by atoms with Crippen molar-refractivity contribution in [3.05, 3.63) is 56.7 Å². The van der Waals surface area contributed by atoms with Crippen LogP contribution >= 0.6 is 22.9 Å². The molecule has 2 fully saturated rings. The fraction of sp³-hybridized carbons (Fsp3) is 0.350. The normalized spacial score (nSPS) is 26.4. The molecule has 2 heterocycles. The molecule has 138 valence electrons. The third kappa shape index (κ3) is 2.65. The van der Waals surface area contributed by atoms with Gasteiger partial charge in [-0.1, -0.05) is 35.9 Å². The van der Waals surface area contributed by atoms with Crippen LogP contribution in [-0.4, -0.2) is 23.8 Å². The fourth-order valence-corrected chi connectivity index (χ4v) is 5.27. The molecule has 4 rings (SSSR count). The molecule has 7 heteroatoms. The minimum atomic E-state index is -0.820. The number of likely N-dealkylation sites (N-methyl/N-ethyl adjacent to an activating group) is 1. The van der Waals surface area contributed by atoms with E-state index in [0.717, 1.165) is 28.8 Å². The van der Waals surface area contributed by atoms with Gasteiger partial charge >= 0.3 is 0 Å². The average Bonchev–Trinajstić information content (AvgIpc) is 3.34. The fourth-order valence-electron chi connectivity index (χ4n) is 3.87. The second-order valence-electron chi connectivity index (χ2n) is 7.42. The molecule has 0 radical (unpaired) electrons. The van der Waals surface area contributed by atoms with Crippen molar-refractivity contribution in [2.45, 2.75) is 36.6 Å². The summed E-state index contributed by atoms with van der Waals surface area (Å²) >= 11 is 7.87. The second kappa shape index (κ2) is 6.08. The van der Waals surface area contributed by atoms with Gasteiger partial charge in [0.1, 0.15) is 0 Å². The van der Waals surface area contributed by atoms with Gasteiger partial charge < -0.3 is 5.32 Å². The molecule has 1 aliphatic carbocycles. The molecule has 0 bridgehead atoms. The maximum Gasteiger partial charge on any atom is 0.239 e. The van der Waals surface area contributed by atoms with Crippen molar-refractivity contribution in [3.63, 3.8) is 0 Å². The Bertz CT molecular complexity index is 973. The lowest BCUT2D eigenvalue weighted by atomic mass is 9.76. The Kier molecular flexibility index (Phi) is 4.06. The van der Waals surface area contributed by atoms with Gasteiger partial charge in [0.2, 0.25) is 5.91 Å². The summed E-state index contributed by atoms with van der Waals surface area (Å²) in [5.41, 5.74) is 0.672. The van der Waals surface area contributed by atoms with Crippen LogP contribution in [-0.2, 0) is 15.7 Å². The topological polar surface area (TPSA) is 80.0 Å². The summed E-state index contributed by atoms with van der Waals surface area (Å²) in [5, 5.41) is 23.3. The standard InChI is InChI=1S/C20H19ClN4OS/c1-19(16-14(21)7-10-27-16)15(17(26)25(2)18(23)24-19)12-3-5-13(6-4-12)20(11-22)8-9-20/h3-7,10,15H,8-9H2,1-2H3,(H2,23,24)/t15?,19-/m0/s1. The molecule has 2 atom stereocenters. The quantitative estimate of drug-likeness (QED) is 0.821. The minimum absolute atomic E-state index is 0.0567. The Balaban J connectivity index is 1.80. The molecule has 0 spiro atoms. The predicted molar refractivity (Wildman–Crippen MR) is 106 cm³/mol. The van der Waals surface area contributed by atoms with Gasteiger partial charge in [0.15, 0.2) is 5.96 Å². The highest BCUT2D eigenvalue weighted by Crippen LogP contribution is 2.49. The van der Waals surface area contributed by atoms with E-state index in [4.69, 9.17) is 17.0 Å².